The van der Waals surface area contributed by atoms with Crippen LogP contribution in [0.4, 0.5) is 4.79 Å². The van der Waals surface area contributed by atoms with Crippen LogP contribution in [-0.2, 0) is 0 Å². The van der Waals surface area contributed by atoms with Crippen molar-refractivity contribution in [3.8, 4) is 5.75 Å². The standard InChI is InChI=1S/C17H26N2O3/c1-3-22-16-6-4-5-13(11-16)12(2)18-17(21)19-14-7-9-15(20)10-8-14/h4-6,11-12,14-15,20H,3,7-10H2,1-2H3,(H2,18,19,21). The average molecular weight is 306 g/mol. The summed E-state index contributed by atoms with van der Waals surface area (Å²) in [5, 5.41) is 15.4. The second-order valence-electron chi connectivity index (χ2n) is 5.85. The molecule has 1 aromatic rings. The maximum atomic E-state index is 12.1. The fourth-order valence-corrected chi connectivity index (χ4v) is 2.77. The maximum Gasteiger partial charge on any atom is 0.315 e. The van der Waals surface area contributed by atoms with Crippen molar-refractivity contribution in [1.29, 1.82) is 0 Å². The second kappa shape index (κ2) is 8.03. The van der Waals surface area contributed by atoms with E-state index in [-0.39, 0.29) is 24.2 Å². The number of nitrogens with one attached hydrogen (secondary N) is 2. The summed E-state index contributed by atoms with van der Waals surface area (Å²) in [4.78, 5) is 12.1. The highest BCUT2D eigenvalue weighted by molar-refractivity contribution is 5.74. The van der Waals surface area contributed by atoms with E-state index in [9.17, 15) is 9.90 Å². The third-order valence-electron chi connectivity index (χ3n) is 4.05. The molecule has 0 spiro atoms. The molecule has 122 valence electrons. The molecule has 2 amide bonds. The lowest BCUT2D eigenvalue weighted by Crippen LogP contribution is -2.44. The van der Waals surface area contributed by atoms with Gasteiger partial charge in [0, 0.05) is 6.04 Å². The zero-order valence-electron chi connectivity index (χ0n) is 13.3. The van der Waals surface area contributed by atoms with Crippen molar-refractivity contribution in [3.05, 3.63) is 29.8 Å². The summed E-state index contributed by atoms with van der Waals surface area (Å²) in [6, 6.07) is 7.68. The molecule has 1 unspecified atom stereocenters. The molecule has 0 heterocycles. The van der Waals surface area contributed by atoms with E-state index in [2.05, 4.69) is 10.6 Å². The molecule has 5 heteroatoms. The summed E-state index contributed by atoms with van der Waals surface area (Å²) < 4.78 is 5.48. The van der Waals surface area contributed by atoms with Gasteiger partial charge in [0.25, 0.3) is 0 Å². The SMILES string of the molecule is CCOc1cccc(C(C)NC(=O)NC2CCC(O)CC2)c1. The number of hydrogen-bond donors (Lipinski definition) is 3. The number of urea groups is 1. The Labute approximate surface area is 132 Å². The quantitative estimate of drug-likeness (QED) is 0.783. The Morgan fingerprint density at radius 3 is 2.77 bits per heavy atom. The zero-order chi connectivity index (χ0) is 15.9. The first-order chi connectivity index (χ1) is 10.6. The van der Waals surface area contributed by atoms with E-state index >= 15 is 0 Å². The molecule has 22 heavy (non-hydrogen) atoms. The van der Waals surface area contributed by atoms with Gasteiger partial charge in [-0.05, 0) is 57.2 Å². The topological polar surface area (TPSA) is 70.6 Å². The lowest BCUT2D eigenvalue weighted by molar-refractivity contribution is 0.117. The van der Waals surface area contributed by atoms with E-state index in [1.54, 1.807) is 0 Å². The second-order valence-corrected chi connectivity index (χ2v) is 5.85. The largest absolute Gasteiger partial charge is 0.494 e. The normalized spacial score (nSPS) is 22.7. The molecule has 0 radical (unpaired) electrons. The van der Waals surface area contributed by atoms with E-state index in [1.165, 1.54) is 0 Å². The predicted octanol–water partition coefficient (Wildman–Crippen LogP) is 2.75. The molecule has 1 aliphatic carbocycles. The molecule has 0 aliphatic heterocycles. The van der Waals surface area contributed by atoms with Crippen LogP contribution >= 0.6 is 0 Å². The third kappa shape index (κ3) is 4.91. The number of hydrogen-bond acceptors (Lipinski definition) is 3. The molecule has 2 rings (SSSR count). The molecule has 0 aromatic heterocycles. The van der Waals surface area contributed by atoms with Crippen LogP contribution in [0.5, 0.6) is 5.75 Å². The summed E-state index contributed by atoms with van der Waals surface area (Å²) in [5.41, 5.74) is 1.01. The van der Waals surface area contributed by atoms with Gasteiger partial charge in [0.2, 0.25) is 0 Å². The molecule has 3 N–H and O–H groups in total. The summed E-state index contributed by atoms with van der Waals surface area (Å²) in [7, 11) is 0. The number of aliphatic hydroxyl groups excluding tert-OH is 1. The van der Waals surface area contributed by atoms with E-state index in [0.29, 0.717) is 6.61 Å². The predicted molar refractivity (Wildman–Crippen MR) is 86.0 cm³/mol. The summed E-state index contributed by atoms with van der Waals surface area (Å²) >= 11 is 0. The van der Waals surface area contributed by atoms with Crippen LogP contribution in [0, 0.1) is 0 Å². The van der Waals surface area contributed by atoms with E-state index < -0.39 is 0 Å². The van der Waals surface area contributed by atoms with E-state index in [4.69, 9.17) is 4.74 Å². The number of benzene rings is 1. The van der Waals surface area contributed by atoms with Crippen LogP contribution in [-0.4, -0.2) is 29.9 Å². The van der Waals surface area contributed by atoms with Crippen LogP contribution in [0.15, 0.2) is 24.3 Å². The number of carbonyl (C=O) groups is 1. The lowest BCUT2D eigenvalue weighted by atomic mass is 9.93. The van der Waals surface area contributed by atoms with Crippen molar-refractivity contribution in [2.45, 2.75) is 57.7 Å². The summed E-state index contributed by atoms with van der Waals surface area (Å²) in [6.45, 7) is 4.53. The summed E-state index contributed by atoms with van der Waals surface area (Å²) in [5.74, 6) is 0.815. The number of aliphatic hydroxyl groups is 1. The van der Waals surface area contributed by atoms with Gasteiger partial charge in [-0.2, -0.15) is 0 Å². The maximum absolute atomic E-state index is 12.1. The number of rotatable bonds is 5. The van der Waals surface area contributed by atoms with E-state index in [1.807, 2.05) is 38.1 Å². The molecule has 5 nitrogen and oxygen atoms in total. The van der Waals surface area contributed by atoms with Crippen molar-refractivity contribution in [1.82, 2.24) is 10.6 Å². The van der Waals surface area contributed by atoms with Crippen LogP contribution < -0.4 is 15.4 Å². The Balaban J connectivity index is 1.84. The minimum Gasteiger partial charge on any atom is -0.494 e. The van der Waals surface area contributed by atoms with Gasteiger partial charge in [-0.1, -0.05) is 12.1 Å². The third-order valence-corrected chi connectivity index (χ3v) is 4.05. The first-order valence-corrected chi connectivity index (χ1v) is 8.06. The molecule has 0 bridgehead atoms. The summed E-state index contributed by atoms with van der Waals surface area (Å²) in [6.07, 6.45) is 2.99. The van der Waals surface area contributed by atoms with Crippen LogP contribution in [0.1, 0.15) is 51.1 Å². The van der Waals surface area contributed by atoms with Crippen LogP contribution in [0.25, 0.3) is 0 Å². The lowest BCUT2D eigenvalue weighted by Gasteiger charge is -2.27. The molecule has 1 fully saturated rings. The van der Waals surface area contributed by atoms with Gasteiger partial charge in [0.1, 0.15) is 5.75 Å². The smallest absolute Gasteiger partial charge is 0.315 e. The van der Waals surface area contributed by atoms with Gasteiger partial charge in [0.05, 0.1) is 18.8 Å². The fraction of sp³-hybridized carbons (Fsp3) is 0.588. The minimum atomic E-state index is -0.207. The van der Waals surface area contributed by atoms with Crippen molar-refractivity contribution in [3.63, 3.8) is 0 Å². The Kier molecular flexibility index (Phi) is 6.07. The highest BCUT2D eigenvalue weighted by Gasteiger charge is 2.21. The molecule has 0 saturated heterocycles. The van der Waals surface area contributed by atoms with Crippen LogP contribution in [0.2, 0.25) is 0 Å². The highest BCUT2D eigenvalue weighted by atomic mass is 16.5. The van der Waals surface area contributed by atoms with Crippen molar-refractivity contribution < 1.29 is 14.6 Å². The number of ether oxygens (including phenoxy) is 1. The van der Waals surface area contributed by atoms with Gasteiger partial charge in [-0.3, -0.25) is 0 Å². The Morgan fingerprint density at radius 1 is 1.36 bits per heavy atom. The Morgan fingerprint density at radius 2 is 2.09 bits per heavy atom. The highest BCUT2D eigenvalue weighted by Crippen LogP contribution is 2.20. The fourth-order valence-electron chi connectivity index (χ4n) is 2.77. The van der Waals surface area contributed by atoms with Crippen molar-refractivity contribution in [2.24, 2.45) is 0 Å². The average Bonchev–Trinajstić information content (AvgIpc) is 2.50. The van der Waals surface area contributed by atoms with E-state index in [0.717, 1.165) is 37.0 Å². The monoisotopic (exact) mass is 306 g/mol. The van der Waals surface area contributed by atoms with Gasteiger partial charge in [0.15, 0.2) is 0 Å². The first-order valence-electron chi connectivity index (χ1n) is 8.06. The Bertz CT molecular complexity index is 485. The number of amides is 2. The van der Waals surface area contributed by atoms with Crippen molar-refractivity contribution >= 4 is 6.03 Å². The number of carbonyl (C=O) groups excluding carboxylic acids is 1. The first kappa shape index (κ1) is 16.6. The van der Waals surface area contributed by atoms with Gasteiger partial charge >= 0.3 is 6.03 Å². The molecule has 1 aromatic carbocycles. The molecular formula is C17H26N2O3. The van der Waals surface area contributed by atoms with Gasteiger partial charge in [-0.15, -0.1) is 0 Å². The molecule has 1 saturated carbocycles. The van der Waals surface area contributed by atoms with Crippen LogP contribution in [0.3, 0.4) is 0 Å². The van der Waals surface area contributed by atoms with Crippen molar-refractivity contribution in [2.75, 3.05) is 6.61 Å². The molecule has 1 aliphatic rings. The molecular weight excluding hydrogens is 280 g/mol. The minimum absolute atomic E-state index is 0.0883. The Hall–Kier alpha value is -1.75. The molecule has 1 atom stereocenters. The van der Waals surface area contributed by atoms with Gasteiger partial charge in [-0.25, -0.2) is 4.79 Å². The zero-order valence-corrected chi connectivity index (χ0v) is 13.3. The van der Waals surface area contributed by atoms with Gasteiger partial charge < -0.3 is 20.5 Å².